The van der Waals surface area contributed by atoms with Crippen molar-refractivity contribution in [1.82, 2.24) is 5.32 Å². The van der Waals surface area contributed by atoms with Crippen molar-refractivity contribution >= 4 is 0 Å². The smallest absolute Gasteiger partial charge is 0.162 e. The standard InChI is InChI=1S/C17H19NO2/c1-13-7-8-16(17(9-13)20-15-10-18-11-15)19-12-14-5-3-2-4-6-14/h2-9,15,18H,10-12H2,1H3. The highest BCUT2D eigenvalue weighted by atomic mass is 16.5. The molecule has 0 unspecified atom stereocenters. The number of aryl methyl sites for hydroxylation is 1. The predicted octanol–water partition coefficient (Wildman–Crippen LogP) is 2.92. The lowest BCUT2D eigenvalue weighted by Gasteiger charge is -2.28. The summed E-state index contributed by atoms with van der Waals surface area (Å²) in [5.41, 5.74) is 2.34. The Kier molecular flexibility index (Phi) is 3.88. The van der Waals surface area contributed by atoms with Crippen LogP contribution < -0.4 is 14.8 Å². The zero-order valence-corrected chi connectivity index (χ0v) is 11.6. The minimum Gasteiger partial charge on any atom is -0.485 e. The molecule has 0 aromatic heterocycles. The number of benzene rings is 2. The van der Waals surface area contributed by atoms with Gasteiger partial charge in [0, 0.05) is 13.1 Å². The highest BCUT2D eigenvalue weighted by Crippen LogP contribution is 2.30. The van der Waals surface area contributed by atoms with Gasteiger partial charge in [0.05, 0.1) is 0 Å². The van der Waals surface area contributed by atoms with Crippen molar-refractivity contribution in [2.45, 2.75) is 19.6 Å². The highest BCUT2D eigenvalue weighted by Gasteiger charge is 2.20. The minimum absolute atomic E-state index is 0.260. The molecular weight excluding hydrogens is 250 g/mol. The number of ether oxygens (including phenoxy) is 2. The molecule has 0 amide bonds. The molecule has 1 saturated heterocycles. The van der Waals surface area contributed by atoms with E-state index in [9.17, 15) is 0 Å². The second-order valence-corrected chi connectivity index (χ2v) is 5.12. The van der Waals surface area contributed by atoms with Crippen molar-refractivity contribution in [2.75, 3.05) is 13.1 Å². The molecule has 20 heavy (non-hydrogen) atoms. The molecule has 3 nitrogen and oxygen atoms in total. The molecule has 3 rings (SSSR count). The van der Waals surface area contributed by atoms with E-state index in [0.717, 1.165) is 30.2 Å². The van der Waals surface area contributed by atoms with E-state index in [-0.39, 0.29) is 6.10 Å². The molecule has 0 radical (unpaired) electrons. The summed E-state index contributed by atoms with van der Waals surface area (Å²) in [6, 6.07) is 16.2. The predicted molar refractivity (Wildman–Crippen MR) is 79.2 cm³/mol. The fourth-order valence-corrected chi connectivity index (χ4v) is 2.09. The van der Waals surface area contributed by atoms with Crippen LogP contribution in [0, 0.1) is 6.92 Å². The zero-order valence-electron chi connectivity index (χ0n) is 11.6. The Morgan fingerprint density at radius 1 is 1.05 bits per heavy atom. The summed E-state index contributed by atoms with van der Waals surface area (Å²) >= 11 is 0. The van der Waals surface area contributed by atoms with E-state index in [4.69, 9.17) is 9.47 Å². The van der Waals surface area contributed by atoms with Gasteiger partial charge in [-0.15, -0.1) is 0 Å². The Balaban J connectivity index is 1.71. The summed E-state index contributed by atoms with van der Waals surface area (Å²) in [7, 11) is 0. The third kappa shape index (κ3) is 3.11. The van der Waals surface area contributed by atoms with Gasteiger partial charge in [0.2, 0.25) is 0 Å². The Hall–Kier alpha value is -2.00. The van der Waals surface area contributed by atoms with Crippen molar-refractivity contribution < 1.29 is 9.47 Å². The van der Waals surface area contributed by atoms with Crippen LogP contribution in [0.2, 0.25) is 0 Å². The normalized spacial score (nSPS) is 14.7. The molecule has 0 atom stereocenters. The van der Waals surface area contributed by atoms with Crippen LogP contribution in [0.3, 0.4) is 0 Å². The van der Waals surface area contributed by atoms with Crippen molar-refractivity contribution in [1.29, 1.82) is 0 Å². The molecule has 0 aliphatic carbocycles. The summed E-state index contributed by atoms with van der Waals surface area (Å²) < 4.78 is 11.9. The largest absolute Gasteiger partial charge is 0.485 e. The Morgan fingerprint density at radius 2 is 1.85 bits per heavy atom. The number of rotatable bonds is 5. The summed E-state index contributed by atoms with van der Waals surface area (Å²) in [6.45, 7) is 4.44. The fourth-order valence-electron chi connectivity index (χ4n) is 2.09. The molecule has 3 heteroatoms. The molecule has 2 aromatic rings. The van der Waals surface area contributed by atoms with Gasteiger partial charge >= 0.3 is 0 Å². The van der Waals surface area contributed by atoms with E-state index in [1.165, 1.54) is 5.56 Å². The summed E-state index contributed by atoms with van der Waals surface area (Å²) in [4.78, 5) is 0. The number of hydrogen-bond acceptors (Lipinski definition) is 3. The lowest BCUT2D eigenvalue weighted by atomic mass is 10.2. The van der Waals surface area contributed by atoms with Crippen LogP contribution in [0.4, 0.5) is 0 Å². The molecule has 1 aliphatic heterocycles. The lowest BCUT2D eigenvalue weighted by molar-refractivity contribution is 0.134. The molecular formula is C17H19NO2. The lowest BCUT2D eigenvalue weighted by Crippen LogP contribution is -2.50. The van der Waals surface area contributed by atoms with Crippen molar-refractivity contribution in [3.05, 3.63) is 59.7 Å². The molecule has 1 fully saturated rings. The van der Waals surface area contributed by atoms with Crippen molar-refractivity contribution in [3.63, 3.8) is 0 Å². The topological polar surface area (TPSA) is 30.5 Å². The summed E-state index contributed by atoms with van der Waals surface area (Å²) in [6.07, 6.45) is 0.260. The van der Waals surface area contributed by atoms with Gasteiger partial charge in [0.1, 0.15) is 12.7 Å². The highest BCUT2D eigenvalue weighted by molar-refractivity contribution is 5.43. The summed E-state index contributed by atoms with van der Waals surface area (Å²) in [5.74, 6) is 1.65. The number of nitrogens with one attached hydrogen (secondary N) is 1. The van der Waals surface area contributed by atoms with E-state index in [1.54, 1.807) is 0 Å². The Morgan fingerprint density at radius 3 is 2.55 bits per heavy atom. The first-order valence-corrected chi connectivity index (χ1v) is 6.96. The second kappa shape index (κ2) is 5.97. The molecule has 2 aromatic carbocycles. The summed E-state index contributed by atoms with van der Waals surface area (Å²) in [5, 5.41) is 3.21. The van der Waals surface area contributed by atoms with E-state index >= 15 is 0 Å². The van der Waals surface area contributed by atoms with Gasteiger partial charge in [-0.25, -0.2) is 0 Å². The van der Waals surface area contributed by atoms with Crippen LogP contribution in [-0.2, 0) is 6.61 Å². The van der Waals surface area contributed by atoms with Crippen LogP contribution in [0.1, 0.15) is 11.1 Å². The SMILES string of the molecule is Cc1ccc(OCc2ccccc2)c(OC2CNC2)c1. The monoisotopic (exact) mass is 269 g/mol. The number of hydrogen-bond donors (Lipinski definition) is 1. The van der Waals surface area contributed by atoms with Gasteiger partial charge in [-0.3, -0.25) is 0 Å². The van der Waals surface area contributed by atoms with Gasteiger partial charge in [-0.2, -0.15) is 0 Å². The van der Waals surface area contributed by atoms with E-state index in [2.05, 4.69) is 24.4 Å². The van der Waals surface area contributed by atoms with E-state index in [1.807, 2.05) is 36.4 Å². The van der Waals surface area contributed by atoms with Gasteiger partial charge in [0.15, 0.2) is 11.5 Å². The third-order valence-electron chi connectivity index (χ3n) is 3.37. The fraction of sp³-hybridized carbons (Fsp3) is 0.294. The molecule has 1 heterocycles. The molecule has 104 valence electrons. The average Bonchev–Trinajstić information content (AvgIpc) is 2.43. The maximum atomic E-state index is 5.96. The molecule has 1 N–H and O–H groups in total. The molecule has 1 aliphatic rings. The molecule has 0 spiro atoms. The second-order valence-electron chi connectivity index (χ2n) is 5.12. The average molecular weight is 269 g/mol. The maximum absolute atomic E-state index is 5.96. The minimum atomic E-state index is 0.260. The first kappa shape index (κ1) is 13.0. The molecule has 0 bridgehead atoms. The van der Waals surface area contributed by atoms with Crippen molar-refractivity contribution in [2.24, 2.45) is 0 Å². The zero-order chi connectivity index (χ0) is 13.8. The van der Waals surface area contributed by atoms with Gasteiger partial charge in [-0.05, 0) is 30.2 Å². The van der Waals surface area contributed by atoms with Crippen LogP contribution >= 0.6 is 0 Å². The Bertz CT molecular complexity index is 564. The van der Waals surface area contributed by atoms with Crippen LogP contribution in [-0.4, -0.2) is 19.2 Å². The van der Waals surface area contributed by atoms with Crippen LogP contribution in [0.25, 0.3) is 0 Å². The van der Waals surface area contributed by atoms with Crippen molar-refractivity contribution in [3.8, 4) is 11.5 Å². The van der Waals surface area contributed by atoms with Gasteiger partial charge in [0.25, 0.3) is 0 Å². The Labute approximate surface area is 119 Å². The third-order valence-corrected chi connectivity index (χ3v) is 3.37. The first-order chi connectivity index (χ1) is 9.81. The first-order valence-electron chi connectivity index (χ1n) is 6.96. The van der Waals surface area contributed by atoms with E-state index < -0.39 is 0 Å². The van der Waals surface area contributed by atoms with Gasteiger partial charge in [-0.1, -0.05) is 36.4 Å². The quantitative estimate of drug-likeness (QED) is 0.905. The van der Waals surface area contributed by atoms with Crippen LogP contribution in [0.15, 0.2) is 48.5 Å². The maximum Gasteiger partial charge on any atom is 0.162 e. The van der Waals surface area contributed by atoms with Crippen LogP contribution in [0.5, 0.6) is 11.5 Å². The van der Waals surface area contributed by atoms with E-state index in [0.29, 0.717) is 6.61 Å². The van der Waals surface area contributed by atoms with Gasteiger partial charge < -0.3 is 14.8 Å². The molecule has 0 saturated carbocycles.